The number of hydrogen-bond acceptors (Lipinski definition) is 1. The van der Waals surface area contributed by atoms with Gasteiger partial charge in [0.1, 0.15) is 0 Å². The van der Waals surface area contributed by atoms with E-state index in [4.69, 9.17) is 4.99 Å². The first-order chi connectivity index (χ1) is 17.3. The Morgan fingerprint density at radius 3 is 1.66 bits per heavy atom. The van der Waals surface area contributed by atoms with Crippen LogP contribution >= 0.6 is 0 Å². The first-order valence-electron chi connectivity index (χ1n) is 11.8. The van der Waals surface area contributed by atoms with Gasteiger partial charge in [-0.2, -0.15) is 0 Å². The molecule has 2 heterocycles. The monoisotopic (exact) mass is 448 g/mol. The number of aliphatic imine (C=N–C) groups is 1. The van der Waals surface area contributed by atoms with E-state index < -0.39 is 0 Å². The van der Waals surface area contributed by atoms with Gasteiger partial charge in [0.15, 0.2) is 0 Å². The Hall–Kier alpha value is -4.69. The molecule has 0 radical (unpaired) electrons. The minimum absolute atomic E-state index is 0.952. The largest absolute Gasteiger partial charge is 0.354 e. The van der Waals surface area contributed by atoms with E-state index >= 15 is 0 Å². The Kier molecular flexibility index (Phi) is 5.54. The maximum Gasteiger partial charge on any atom is 0.0737 e. The first-order valence-corrected chi connectivity index (χ1v) is 11.8. The van der Waals surface area contributed by atoms with Gasteiger partial charge in [-0.05, 0) is 34.9 Å². The molecular weight excluding hydrogens is 424 g/mol. The van der Waals surface area contributed by atoms with Crippen LogP contribution in [0.15, 0.2) is 144 Å². The van der Waals surface area contributed by atoms with Gasteiger partial charge in [-0.1, -0.05) is 121 Å². The van der Waals surface area contributed by atoms with Gasteiger partial charge in [0.25, 0.3) is 0 Å². The fourth-order valence-electron chi connectivity index (χ4n) is 4.50. The van der Waals surface area contributed by atoms with Gasteiger partial charge < -0.3 is 4.98 Å². The summed E-state index contributed by atoms with van der Waals surface area (Å²) in [4.78, 5) is 8.77. The maximum atomic E-state index is 5.09. The van der Waals surface area contributed by atoms with Crippen LogP contribution < -0.4 is 0 Å². The molecule has 0 aliphatic carbocycles. The molecule has 0 saturated heterocycles. The van der Waals surface area contributed by atoms with Crippen LogP contribution in [0.5, 0.6) is 0 Å². The fourth-order valence-corrected chi connectivity index (χ4v) is 4.50. The second kappa shape index (κ2) is 9.28. The summed E-state index contributed by atoms with van der Waals surface area (Å²) in [5.41, 5.74) is 11.0. The summed E-state index contributed by atoms with van der Waals surface area (Å²) < 4.78 is 0. The molecular formula is C33H24N2. The average molecular weight is 449 g/mol. The highest BCUT2D eigenvalue weighted by molar-refractivity contribution is 6.18. The summed E-state index contributed by atoms with van der Waals surface area (Å²) in [6, 6.07) is 44.1. The van der Waals surface area contributed by atoms with Gasteiger partial charge >= 0.3 is 0 Å². The van der Waals surface area contributed by atoms with Crippen LogP contribution in [0.2, 0.25) is 0 Å². The number of benzene rings is 4. The van der Waals surface area contributed by atoms with Crippen molar-refractivity contribution in [3.63, 3.8) is 0 Å². The lowest BCUT2D eigenvalue weighted by Gasteiger charge is -2.05. The molecule has 0 bridgehead atoms. The lowest BCUT2D eigenvalue weighted by Crippen LogP contribution is -1.92. The van der Waals surface area contributed by atoms with Gasteiger partial charge in [-0.25, -0.2) is 4.99 Å². The van der Waals surface area contributed by atoms with E-state index in [1.165, 1.54) is 5.56 Å². The zero-order valence-electron chi connectivity index (χ0n) is 19.2. The van der Waals surface area contributed by atoms with Crippen molar-refractivity contribution in [3.8, 4) is 22.4 Å². The van der Waals surface area contributed by atoms with Gasteiger partial charge in [0, 0.05) is 28.1 Å². The normalized spacial score (nSPS) is 14.1. The van der Waals surface area contributed by atoms with Gasteiger partial charge in [0.05, 0.1) is 11.4 Å². The molecule has 35 heavy (non-hydrogen) atoms. The van der Waals surface area contributed by atoms with Crippen molar-refractivity contribution in [2.75, 3.05) is 0 Å². The summed E-state index contributed by atoms with van der Waals surface area (Å²) in [5.74, 6) is 0. The van der Waals surface area contributed by atoms with Crippen molar-refractivity contribution in [2.24, 2.45) is 4.99 Å². The number of nitrogens with one attached hydrogen (secondary N) is 1. The second-order valence-corrected chi connectivity index (χ2v) is 8.56. The van der Waals surface area contributed by atoms with E-state index in [9.17, 15) is 0 Å². The standard InChI is InChI=1S/C33H24N2/c1-5-13-24(14-6-1)28-21-30(26-17-9-3-10-18-26)34-32(28)23-33-29(25-15-7-2-8-16-25)22-31(35-33)27-19-11-4-12-20-27/h1-23,34H/b33-23-. The second-order valence-electron chi connectivity index (χ2n) is 8.56. The highest BCUT2D eigenvalue weighted by atomic mass is 14.8. The Morgan fingerprint density at radius 1 is 0.543 bits per heavy atom. The predicted octanol–water partition coefficient (Wildman–Crippen LogP) is 8.28. The molecule has 0 atom stereocenters. The molecule has 6 rings (SSSR count). The molecule has 0 amide bonds. The smallest absolute Gasteiger partial charge is 0.0737 e. The van der Waals surface area contributed by atoms with E-state index in [1.54, 1.807) is 0 Å². The number of nitrogens with zero attached hydrogens (tertiary/aromatic N) is 1. The quantitative estimate of drug-likeness (QED) is 0.280. The molecule has 1 aromatic heterocycles. The Balaban J connectivity index is 1.52. The number of aromatic amines is 1. The van der Waals surface area contributed by atoms with E-state index in [-0.39, 0.29) is 0 Å². The number of rotatable bonds is 5. The molecule has 1 N–H and O–H groups in total. The topological polar surface area (TPSA) is 28.1 Å². The minimum Gasteiger partial charge on any atom is -0.354 e. The lowest BCUT2D eigenvalue weighted by atomic mass is 10.00. The van der Waals surface area contributed by atoms with E-state index in [0.29, 0.717) is 0 Å². The van der Waals surface area contributed by atoms with Gasteiger partial charge in [-0.3, -0.25) is 0 Å². The van der Waals surface area contributed by atoms with Crippen LogP contribution in [0.25, 0.3) is 34.0 Å². The van der Waals surface area contributed by atoms with E-state index in [1.807, 2.05) is 18.2 Å². The lowest BCUT2D eigenvalue weighted by molar-refractivity contribution is 1.35. The molecule has 5 aromatic rings. The molecule has 0 fully saturated rings. The zero-order chi connectivity index (χ0) is 23.5. The van der Waals surface area contributed by atoms with Crippen LogP contribution in [0.4, 0.5) is 0 Å². The minimum atomic E-state index is 0.952. The van der Waals surface area contributed by atoms with Gasteiger partial charge in [-0.15, -0.1) is 0 Å². The fraction of sp³-hybridized carbons (Fsp3) is 0. The maximum absolute atomic E-state index is 5.09. The summed E-state index contributed by atoms with van der Waals surface area (Å²) in [6.45, 7) is 0. The number of aromatic nitrogens is 1. The Labute approximate surface area is 205 Å². The van der Waals surface area contributed by atoms with Crippen molar-refractivity contribution in [1.29, 1.82) is 0 Å². The van der Waals surface area contributed by atoms with Gasteiger partial charge in [0.2, 0.25) is 0 Å². The SMILES string of the molecule is C1=C(c2ccccc2)/C(=C/c2[nH]c(-c3ccccc3)cc2-c2ccccc2)N=C1c1ccccc1. The highest BCUT2D eigenvalue weighted by Crippen LogP contribution is 2.36. The summed E-state index contributed by atoms with van der Waals surface area (Å²) >= 11 is 0. The third kappa shape index (κ3) is 4.30. The van der Waals surface area contributed by atoms with Crippen LogP contribution in [-0.4, -0.2) is 10.7 Å². The van der Waals surface area contributed by atoms with Crippen molar-refractivity contribution in [1.82, 2.24) is 4.98 Å². The molecule has 0 saturated carbocycles. The van der Waals surface area contributed by atoms with Crippen molar-refractivity contribution >= 4 is 17.4 Å². The number of allylic oxidation sites excluding steroid dienone is 2. The molecule has 1 aliphatic heterocycles. The van der Waals surface area contributed by atoms with Crippen LogP contribution in [0.1, 0.15) is 16.8 Å². The Morgan fingerprint density at radius 2 is 1.06 bits per heavy atom. The van der Waals surface area contributed by atoms with Crippen molar-refractivity contribution in [2.45, 2.75) is 0 Å². The summed E-state index contributed by atoms with van der Waals surface area (Å²) in [5, 5.41) is 0. The van der Waals surface area contributed by atoms with E-state index in [0.717, 1.165) is 50.6 Å². The third-order valence-corrected chi connectivity index (χ3v) is 6.25. The summed E-state index contributed by atoms with van der Waals surface area (Å²) in [6.07, 6.45) is 4.38. The first kappa shape index (κ1) is 20.9. The predicted molar refractivity (Wildman–Crippen MR) is 147 cm³/mol. The highest BCUT2D eigenvalue weighted by Gasteiger charge is 2.19. The molecule has 2 nitrogen and oxygen atoms in total. The zero-order valence-corrected chi connectivity index (χ0v) is 19.2. The molecule has 1 aliphatic rings. The van der Waals surface area contributed by atoms with Crippen LogP contribution in [0, 0.1) is 0 Å². The molecule has 0 spiro atoms. The molecule has 4 aromatic carbocycles. The summed E-state index contributed by atoms with van der Waals surface area (Å²) in [7, 11) is 0. The third-order valence-electron chi connectivity index (χ3n) is 6.25. The van der Waals surface area contributed by atoms with Crippen molar-refractivity contribution < 1.29 is 0 Å². The number of H-pyrrole nitrogens is 1. The molecule has 0 unspecified atom stereocenters. The van der Waals surface area contributed by atoms with Crippen LogP contribution in [-0.2, 0) is 0 Å². The molecule has 2 heteroatoms. The van der Waals surface area contributed by atoms with E-state index in [2.05, 4.69) is 126 Å². The number of hydrogen-bond donors (Lipinski definition) is 1. The molecule has 166 valence electrons. The van der Waals surface area contributed by atoms with Crippen molar-refractivity contribution in [3.05, 3.63) is 156 Å². The Bertz CT molecular complexity index is 1540. The van der Waals surface area contributed by atoms with Crippen LogP contribution in [0.3, 0.4) is 0 Å². The average Bonchev–Trinajstić information content (AvgIpc) is 3.56.